The summed E-state index contributed by atoms with van der Waals surface area (Å²) in [6.07, 6.45) is 5.87. The van der Waals surface area contributed by atoms with Crippen LogP contribution in [0.1, 0.15) is 5.56 Å². The minimum absolute atomic E-state index is 0.652. The fourth-order valence-electron chi connectivity index (χ4n) is 2.11. The van der Waals surface area contributed by atoms with Gasteiger partial charge in [0.05, 0.1) is 23.3 Å². The number of hydrogen-bond donors (Lipinski definition) is 0. The summed E-state index contributed by atoms with van der Waals surface area (Å²) in [5.41, 5.74) is 2.18. The van der Waals surface area contributed by atoms with Gasteiger partial charge in [0, 0.05) is 35.4 Å². The third-order valence-electron chi connectivity index (χ3n) is 2.91. The van der Waals surface area contributed by atoms with Crippen molar-refractivity contribution in [1.82, 2.24) is 14.3 Å². The third-order valence-corrected chi connectivity index (χ3v) is 3.45. The van der Waals surface area contributed by atoms with Crippen molar-refractivity contribution >= 4 is 34.1 Å². The molecule has 3 aromatic rings. The number of fused-ring (bicyclic) bond motifs is 1. The molecule has 0 saturated heterocycles. The fourth-order valence-corrected chi connectivity index (χ4v) is 2.65. The van der Waals surface area contributed by atoms with Crippen LogP contribution < -0.4 is 0 Å². The predicted octanol–water partition coefficient (Wildman–Crippen LogP) is 3.73. The van der Waals surface area contributed by atoms with Gasteiger partial charge in [-0.2, -0.15) is 5.10 Å². The van der Waals surface area contributed by atoms with Gasteiger partial charge in [0.15, 0.2) is 0 Å². The summed E-state index contributed by atoms with van der Waals surface area (Å²) >= 11 is 12.2. The van der Waals surface area contributed by atoms with Gasteiger partial charge in [-0.3, -0.25) is 4.68 Å². The van der Waals surface area contributed by atoms with Crippen LogP contribution in [0.2, 0.25) is 10.0 Å². The quantitative estimate of drug-likeness (QED) is 0.701. The van der Waals surface area contributed by atoms with Crippen LogP contribution in [0.4, 0.5) is 0 Å². The second kappa shape index (κ2) is 4.34. The second-order valence-electron chi connectivity index (χ2n) is 4.29. The van der Waals surface area contributed by atoms with Gasteiger partial charge in [-0.1, -0.05) is 23.2 Å². The van der Waals surface area contributed by atoms with Crippen LogP contribution in [-0.2, 0) is 13.6 Å². The largest absolute Gasteiger partial charge is 0.343 e. The first kappa shape index (κ1) is 11.6. The Hall–Kier alpha value is -1.45. The Morgan fingerprint density at radius 1 is 1.28 bits per heavy atom. The smallest absolute Gasteiger partial charge is 0.0539 e. The van der Waals surface area contributed by atoms with Crippen molar-refractivity contribution < 1.29 is 0 Å². The highest BCUT2D eigenvalue weighted by molar-refractivity contribution is 6.38. The molecule has 0 aliphatic rings. The molecule has 18 heavy (non-hydrogen) atoms. The number of aromatic nitrogens is 3. The third kappa shape index (κ3) is 2.00. The molecule has 2 aromatic heterocycles. The lowest BCUT2D eigenvalue weighted by molar-refractivity contribution is 0.764. The normalized spacial score (nSPS) is 11.3. The van der Waals surface area contributed by atoms with E-state index in [-0.39, 0.29) is 0 Å². The average Bonchev–Trinajstić information content (AvgIpc) is 2.87. The SMILES string of the molecule is Cn1cc(Cn2ccc3c(Cl)cc(Cl)cc32)cn1. The molecule has 0 aliphatic carbocycles. The maximum absolute atomic E-state index is 6.17. The van der Waals surface area contributed by atoms with Gasteiger partial charge in [-0.25, -0.2) is 0 Å². The van der Waals surface area contributed by atoms with E-state index in [4.69, 9.17) is 23.2 Å². The predicted molar refractivity (Wildman–Crippen MR) is 74.3 cm³/mol. The maximum atomic E-state index is 6.17. The summed E-state index contributed by atoms with van der Waals surface area (Å²) in [6, 6.07) is 5.70. The Bertz CT molecular complexity index is 712. The first-order chi connectivity index (χ1) is 8.63. The topological polar surface area (TPSA) is 22.8 Å². The van der Waals surface area contributed by atoms with E-state index in [0.717, 1.165) is 23.0 Å². The van der Waals surface area contributed by atoms with E-state index in [1.54, 1.807) is 10.7 Å². The number of rotatable bonds is 2. The molecule has 0 fully saturated rings. The molecule has 0 saturated carbocycles. The Balaban J connectivity index is 2.07. The van der Waals surface area contributed by atoms with Gasteiger partial charge >= 0.3 is 0 Å². The second-order valence-corrected chi connectivity index (χ2v) is 5.13. The number of nitrogens with zero attached hydrogens (tertiary/aromatic N) is 3. The zero-order valence-corrected chi connectivity index (χ0v) is 11.3. The van der Waals surface area contributed by atoms with Gasteiger partial charge in [-0.05, 0) is 18.2 Å². The van der Waals surface area contributed by atoms with Crippen LogP contribution >= 0.6 is 23.2 Å². The van der Waals surface area contributed by atoms with Crippen molar-refractivity contribution in [2.75, 3.05) is 0 Å². The van der Waals surface area contributed by atoms with Crippen LogP contribution in [0.5, 0.6) is 0 Å². The Morgan fingerprint density at radius 2 is 2.11 bits per heavy atom. The van der Waals surface area contributed by atoms with Gasteiger partial charge < -0.3 is 4.57 Å². The van der Waals surface area contributed by atoms with Crippen molar-refractivity contribution in [3.8, 4) is 0 Å². The van der Waals surface area contributed by atoms with Gasteiger partial charge in [0.25, 0.3) is 0 Å². The van der Waals surface area contributed by atoms with Crippen molar-refractivity contribution in [2.24, 2.45) is 7.05 Å². The van der Waals surface area contributed by atoms with Crippen LogP contribution in [0.15, 0.2) is 36.8 Å². The minimum atomic E-state index is 0.652. The molecule has 0 amide bonds. The number of halogens is 2. The van der Waals surface area contributed by atoms with Gasteiger partial charge in [-0.15, -0.1) is 0 Å². The molecular formula is C13H11Cl2N3. The summed E-state index contributed by atoms with van der Waals surface area (Å²) < 4.78 is 3.91. The van der Waals surface area contributed by atoms with E-state index in [1.165, 1.54) is 0 Å². The van der Waals surface area contributed by atoms with Crippen LogP contribution in [0, 0.1) is 0 Å². The monoisotopic (exact) mass is 279 g/mol. The van der Waals surface area contributed by atoms with Crippen molar-refractivity contribution in [1.29, 1.82) is 0 Å². The van der Waals surface area contributed by atoms with E-state index in [2.05, 4.69) is 9.67 Å². The molecule has 2 heterocycles. The number of hydrogen-bond acceptors (Lipinski definition) is 1. The molecule has 0 N–H and O–H groups in total. The molecule has 0 bridgehead atoms. The van der Waals surface area contributed by atoms with E-state index < -0.39 is 0 Å². The molecule has 0 unspecified atom stereocenters. The fraction of sp³-hybridized carbons (Fsp3) is 0.154. The van der Waals surface area contributed by atoms with Crippen molar-refractivity contribution in [3.63, 3.8) is 0 Å². The summed E-state index contributed by atoms with van der Waals surface area (Å²) in [5, 5.41) is 6.52. The zero-order chi connectivity index (χ0) is 12.7. The minimum Gasteiger partial charge on any atom is -0.343 e. The molecule has 3 nitrogen and oxygen atoms in total. The molecule has 92 valence electrons. The Kier molecular flexibility index (Phi) is 2.80. The highest BCUT2D eigenvalue weighted by atomic mass is 35.5. The Labute approximate surface area is 115 Å². The lowest BCUT2D eigenvalue weighted by Crippen LogP contribution is -1.96. The first-order valence-corrected chi connectivity index (χ1v) is 6.30. The highest BCUT2D eigenvalue weighted by Gasteiger charge is 2.07. The van der Waals surface area contributed by atoms with E-state index in [9.17, 15) is 0 Å². The average molecular weight is 280 g/mol. The first-order valence-electron chi connectivity index (χ1n) is 5.55. The van der Waals surface area contributed by atoms with Crippen LogP contribution in [-0.4, -0.2) is 14.3 Å². The molecule has 0 spiro atoms. The van der Waals surface area contributed by atoms with Crippen molar-refractivity contribution in [3.05, 3.63) is 52.4 Å². The standard InChI is InChI=1S/C13H11Cl2N3/c1-17-7-9(6-16-17)8-18-3-2-11-12(15)4-10(14)5-13(11)18/h2-7H,8H2,1H3. The lowest BCUT2D eigenvalue weighted by atomic mass is 10.2. The Morgan fingerprint density at radius 3 is 2.83 bits per heavy atom. The lowest BCUT2D eigenvalue weighted by Gasteiger charge is -2.04. The summed E-state index contributed by atoms with van der Waals surface area (Å²) in [7, 11) is 1.91. The van der Waals surface area contributed by atoms with E-state index >= 15 is 0 Å². The number of aryl methyl sites for hydroxylation is 1. The molecule has 3 rings (SSSR count). The molecule has 0 aliphatic heterocycles. The highest BCUT2D eigenvalue weighted by Crippen LogP contribution is 2.29. The van der Waals surface area contributed by atoms with E-state index in [1.807, 2.05) is 37.8 Å². The molecular weight excluding hydrogens is 269 g/mol. The molecule has 5 heteroatoms. The maximum Gasteiger partial charge on any atom is 0.0539 e. The molecule has 0 atom stereocenters. The van der Waals surface area contributed by atoms with E-state index in [0.29, 0.717) is 10.0 Å². The van der Waals surface area contributed by atoms with Crippen LogP contribution in [0.3, 0.4) is 0 Å². The summed E-state index contributed by atoms with van der Waals surface area (Å²) in [4.78, 5) is 0. The number of benzene rings is 1. The van der Waals surface area contributed by atoms with Crippen LogP contribution in [0.25, 0.3) is 10.9 Å². The zero-order valence-electron chi connectivity index (χ0n) is 9.77. The van der Waals surface area contributed by atoms with Gasteiger partial charge in [0.1, 0.15) is 0 Å². The summed E-state index contributed by atoms with van der Waals surface area (Å²) in [5.74, 6) is 0. The van der Waals surface area contributed by atoms with Gasteiger partial charge in [0.2, 0.25) is 0 Å². The molecule has 1 aromatic carbocycles. The van der Waals surface area contributed by atoms with Crippen molar-refractivity contribution in [2.45, 2.75) is 6.54 Å². The molecule has 0 radical (unpaired) electrons. The summed E-state index contributed by atoms with van der Waals surface area (Å²) in [6.45, 7) is 0.758.